The van der Waals surface area contributed by atoms with Crippen molar-refractivity contribution < 1.29 is 57.5 Å². The third kappa shape index (κ3) is 34.8. The number of likely N-dealkylation sites (N-methyl/N-ethyl adjacent to an activating group) is 1. The number of ketones is 8. The Hall–Kier alpha value is -6.00. The highest BCUT2D eigenvalue weighted by Gasteiger charge is 2.34. The molecule has 4 amide bonds. The second kappa shape index (κ2) is 47.3. The van der Waals surface area contributed by atoms with Crippen molar-refractivity contribution in [3.63, 3.8) is 0 Å². The number of rotatable bonds is 36. The Morgan fingerprint density at radius 3 is 1.26 bits per heavy atom. The summed E-state index contributed by atoms with van der Waals surface area (Å²) >= 11 is 0. The zero-order valence-electron chi connectivity index (χ0n) is 64.8. The van der Waals surface area contributed by atoms with Gasteiger partial charge in [0.05, 0.1) is 36.9 Å². The lowest BCUT2D eigenvalue weighted by Gasteiger charge is -2.40. The summed E-state index contributed by atoms with van der Waals surface area (Å²) in [5.41, 5.74) is 1.08. The smallest absolute Gasteiger partial charge is 0.243 e. The SMILES string of the molecule is C=CC(=O)NC(CC(=O)C(C)C)C(=O)C(C)C.CC(C)C(=O)CC(NC(=O)CCN1CCC(N2CCCCC2)CC1)C(=O)C(C)C.CC(C)C(=O)CC(NC(=O)CCc1ccccc1)C(=O)C(C)C.CC(C)C(=O)CC(NC(=O)CN(C)C1CCC(C2CCN(C)CC2)CN1)C(=O)C(C)C. The summed E-state index contributed by atoms with van der Waals surface area (Å²) in [4.78, 5) is 155. The van der Waals surface area contributed by atoms with E-state index in [1.54, 1.807) is 69.2 Å². The fraction of sp³-hybridized carbons (Fsp3) is 0.747. The number of carbonyl (C=O) groups excluding carboxylic acids is 12. The molecular formula is C79H133N9O12. The largest absolute Gasteiger partial charge is 0.346 e. The highest BCUT2D eigenvalue weighted by molar-refractivity contribution is 5.98. The summed E-state index contributed by atoms with van der Waals surface area (Å²) in [6.45, 7) is 41.0. The number of benzene rings is 1. The van der Waals surface area contributed by atoms with E-state index >= 15 is 0 Å². The number of piperidine rings is 4. The van der Waals surface area contributed by atoms with Gasteiger partial charge in [0.1, 0.15) is 23.1 Å². The topological polar surface area (TPSA) is 278 Å². The monoisotopic (exact) mass is 1400 g/mol. The van der Waals surface area contributed by atoms with Crippen LogP contribution >= 0.6 is 0 Å². The van der Waals surface area contributed by atoms with E-state index in [1.165, 1.54) is 77.5 Å². The van der Waals surface area contributed by atoms with Crippen molar-refractivity contribution in [2.24, 2.45) is 59.2 Å². The van der Waals surface area contributed by atoms with E-state index in [-0.39, 0.29) is 150 Å². The van der Waals surface area contributed by atoms with E-state index in [0.717, 1.165) is 56.1 Å². The number of likely N-dealkylation sites (tertiary alicyclic amines) is 3. The first-order chi connectivity index (χ1) is 46.9. The fourth-order valence-electron chi connectivity index (χ4n) is 12.7. The average Bonchev–Trinajstić information content (AvgIpc) is 0.853. The van der Waals surface area contributed by atoms with Crippen LogP contribution in [0.25, 0.3) is 0 Å². The first-order valence-electron chi connectivity index (χ1n) is 37.6. The van der Waals surface area contributed by atoms with E-state index < -0.39 is 30.1 Å². The molecule has 566 valence electrons. The third-order valence-electron chi connectivity index (χ3n) is 19.7. The molecule has 4 fully saturated rings. The van der Waals surface area contributed by atoms with Gasteiger partial charge in [0.15, 0.2) is 23.1 Å². The third-order valence-corrected chi connectivity index (χ3v) is 19.7. The number of nitrogens with one attached hydrogen (secondary N) is 5. The van der Waals surface area contributed by atoms with Gasteiger partial charge in [-0.05, 0) is 141 Å². The summed E-state index contributed by atoms with van der Waals surface area (Å²) in [5.74, 6) is -1.21. The number of Topliss-reactive ketones (excluding diaryl/α,β-unsaturated/α-hetero) is 8. The first kappa shape index (κ1) is 90.1. The lowest BCUT2D eigenvalue weighted by atomic mass is 9.79. The molecule has 4 aliphatic rings. The molecule has 4 saturated heterocycles. The first-order valence-corrected chi connectivity index (χ1v) is 37.6. The van der Waals surface area contributed by atoms with Gasteiger partial charge in [-0.2, -0.15) is 0 Å². The molecule has 0 spiro atoms. The predicted molar refractivity (Wildman–Crippen MR) is 397 cm³/mol. The van der Waals surface area contributed by atoms with Crippen LogP contribution in [-0.4, -0.2) is 199 Å². The van der Waals surface area contributed by atoms with Gasteiger partial charge in [-0.25, -0.2) is 0 Å². The van der Waals surface area contributed by atoms with Crippen molar-refractivity contribution >= 4 is 69.9 Å². The van der Waals surface area contributed by atoms with Crippen molar-refractivity contribution in [1.82, 2.24) is 46.2 Å². The van der Waals surface area contributed by atoms with Crippen LogP contribution in [0.4, 0.5) is 0 Å². The van der Waals surface area contributed by atoms with E-state index in [1.807, 2.05) is 83.8 Å². The summed E-state index contributed by atoms with van der Waals surface area (Å²) in [6, 6.07) is 7.54. The molecule has 1 aromatic carbocycles. The molecule has 21 nitrogen and oxygen atoms in total. The number of carbonyl (C=O) groups is 12. The second-order valence-electron chi connectivity index (χ2n) is 30.9. The highest BCUT2D eigenvalue weighted by atomic mass is 16.2. The number of amides is 4. The van der Waals surface area contributed by atoms with Gasteiger partial charge < -0.3 is 41.3 Å². The Kier molecular flexibility index (Phi) is 42.6. The minimum Gasteiger partial charge on any atom is -0.346 e. The molecule has 4 heterocycles. The second-order valence-corrected chi connectivity index (χ2v) is 30.9. The number of hydrogen-bond donors (Lipinski definition) is 5. The van der Waals surface area contributed by atoms with Crippen LogP contribution in [0.5, 0.6) is 0 Å². The molecule has 6 unspecified atom stereocenters. The molecule has 0 bridgehead atoms. The molecule has 1 aromatic rings. The van der Waals surface area contributed by atoms with Gasteiger partial charge in [-0.15, -0.1) is 0 Å². The molecular weight excluding hydrogens is 1270 g/mol. The molecule has 6 atom stereocenters. The van der Waals surface area contributed by atoms with Crippen LogP contribution in [0.3, 0.4) is 0 Å². The van der Waals surface area contributed by atoms with E-state index in [9.17, 15) is 57.5 Å². The van der Waals surface area contributed by atoms with E-state index in [2.05, 4.69) is 54.9 Å². The summed E-state index contributed by atoms with van der Waals surface area (Å²) in [5, 5.41) is 14.6. The van der Waals surface area contributed by atoms with Crippen LogP contribution < -0.4 is 26.6 Å². The molecule has 4 aliphatic heterocycles. The summed E-state index contributed by atoms with van der Waals surface area (Å²) < 4.78 is 0. The summed E-state index contributed by atoms with van der Waals surface area (Å²) in [7, 11) is 4.15. The van der Waals surface area contributed by atoms with Crippen molar-refractivity contribution in [1.29, 1.82) is 0 Å². The molecule has 100 heavy (non-hydrogen) atoms. The predicted octanol–water partition coefficient (Wildman–Crippen LogP) is 9.00. The number of nitrogens with zero attached hydrogens (tertiary/aromatic N) is 4. The fourth-order valence-corrected chi connectivity index (χ4v) is 12.7. The normalized spacial score (nSPS) is 18.6. The Labute approximate surface area is 601 Å². The Bertz CT molecular complexity index is 2730. The van der Waals surface area contributed by atoms with Gasteiger partial charge in [-0.1, -0.05) is 154 Å². The van der Waals surface area contributed by atoms with E-state index in [4.69, 9.17) is 0 Å². The van der Waals surface area contributed by atoms with Gasteiger partial charge in [0.25, 0.3) is 0 Å². The molecule has 0 aliphatic carbocycles. The molecule has 0 aromatic heterocycles. The number of hydrogen-bond acceptors (Lipinski definition) is 17. The van der Waals surface area contributed by atoms with Crippen molar-refractivity contribution in [3.8, 4) is 0 Å². The lowest BCUT2D eigenvalue weighted by Crippen LogP contribution is -2.54. The van der Waals surface area contributed by atoms with E-state index in [0.29, 0.717) is 25.3 Å². The maximum absolute atomic E-state index is 12.7. The van der Waals surface area contributed by atoms with Crippen LogP contribution in [0.2, 0.25) is 0 Å². The minimum atomic E-state index is -0.740. The Morgan fingerprint density at radius 2 is 0.880 bits per heavy atom. The van der Waals surface area contributed by atoms with Crippen LogP contribution in [-0.2, 0) is 64.0 Å². The lowest BCUT2D eigenvalue weighted by molar-refractivity contribution is -0.133. The van der Waals surface area contributed by atoms with Gasteiger partial charge in [0.2, 0.25) is 23.6 Å². The summed E-state index contributed by atoms with van der Waals surface area (Å²) in [6.07, 6.45) is 14.0. The molecule has 0 radical (unpaired) electrons. The standard InChI is InChI=1S/C24H44N4O3.C23H41N3O3.C19H27NO3.C13H21NO3/c1-16(2)21(29)13-20(24(31)17(3)4)26-23(30)15-28(6)22-8-7-19(14-25-22)18-9-11-27(5)12-10-18;1-17(2)21(27)16-20(23(29)18(3)4)24-22(28)10-15-25-13-8-19(9-14-25)26-11-6-5-7-12-26;1-13(2)17(21)12-16(19(23)14(3)4)20-18(22)11-10-15-8-6-5-7-9-15;1-6-12(16)14-10(13(17)9(4)5)7-11(15)8(2)3/h16-20,22,25H,7-15H2,1-6H3,(H,26,30);17-20H,5-16H2,1-4H3,(H,24,28);5-9,13-14,16H,10-12H2,1-4H3,(H,20,22);6,8-10H,1,7H2,2-5H3,(H,14,16). The molecule has 0 saturated carbocycles. The molecule has 5 N–H and O–H groups in total. The van der Waals surface area contributed by atoms with Crippen LogP contribution in [0.1, 0.15) is 213 Å². The van der Waals surface area contributed by atoms with Gasteiger partial charge >= 0.3 is 0 Å². The van der Waals surface area contributed by atoms with Crippen molar-refractivity contribution in [2.45, 2.75) is 250 Å². The number of aryl methyl sites for hydroxylation is 1. The van der Waals surface area contributed by atoms with Crippen molar-refractivity contribution in [2.75, 3.05) is 73.0 Å². The van der Waals surface area contributed by atoms with Crippen LogP contribution in [0.15, 0.2) is 43.0 Å². The average molecular weight is 1400 g/mol. The molecule has 21 heteroatoms. The Morgan fingerprint density at radius 1 is 0.480 bits per heavy atom. The maximum Gasteiger partial charge on any atom is 0.243 e. The van der Waals surface area contributed by atoms with Gasteiger partial charge in [-0.3, -0.25) is 62.4 Å². The quantitative estimate of drug-likeness (QED) is 0.0392. The maximum atomic E-state index is 12.7. The molecule has 5 rings (SSSR count). The Balaban J connectivity index is 0.000000464. The highest BCUT2D eigenvalue weighted by Crippen LogP contribution is 2.31. The zero-order chi connectivity index (χ0) is 75.5. The minimum absolute atomic E-state index is 0.00144. The van der Waals surface area contributed by atoms with Gasteiger partial charge in [0, 0.05) is 98.5 Å². The van der Waals surface area contributed by atoms with Crippen LogP contribution in [0, 0.1) is 59.2 Å². The van der Waals surface area contributed by atoms with Crippen molar-refractivity contribution in [3.05, 3.63) is 48.6 Å². The zero-order valence-corrected chi connectivity index (χ0v) is 64.8.